The van der Waals surface area contributed by atoms with Crippen molar-refractivity contribution in [2.24, 2.45) is 0 Å². The maximum atomic E-state index is 12.9. The van der Waals surface area contributed by atoms with Gasteiger partial charge in [-0.1, -0.05) is 22.0 Å². The van der Waals surface area contributed by atoms with Crippen molar-refractivity contribution in [3.05, 3.63) is 82.3 Å². The Kier molecular flexibility index (Phi) is 11.6. The minimum absolute atomic E-state index is 0.0503. The molecular weight excluding hydrogens is 710 g/mol. The highest BCUT2D eigenvalue weighted by atomic mass is 79.9. The first-order valence-corrected chi connectivity index (χ1v) is 16.2. The summed E-state index contributed by atoms with van der Waals surface area (Å²) in [5, 5.41) is 3.21. The lowest BCUT2D eigenvalue weighted by atomic mass is 9.95. The van der Waals surface area contributed by atoms with Crippen LogP contribution in [0, 0.1) is 0 Å². The van der Waals surface area contributed by atoms with Crippen LogP contribution in [0.15, 0.2) is 71.2 Å². The van der Waals surface area contributed by atoms with Gasteiger partial charge in [0.2, 0.25) is 5.91 Å². The summed E-state index contributed by atoms with van der Waals surface area (Å²) in [6, 6.07) is 17.8. The Morgan fingerprint density at radius 3 is 1.81 bits per heavy atom. The van der Waals surface area contributed by atoms with E-state index in [9.17, 15) is 31.1 Å². The summed E-state index contributed by atoms with van der Waals surface area (Å²) in [5.41, 5.74) is 4.00. The Bertz CT molecular complexity index is 1490. The number of rotatable bonds is 6. The number of nitrogens with one attached hydrogen (secondary N) is 1. The van der Waals surface area contributed by atoms with Gasteiger partial charge in [-0.05, 0) is 78.2 Å². The number of carbonyl (C=O) groups is 1. The van der Waals surface area contributed by atoms with E-state index in [1.165, 1.54) is 29.8 Å². The van der Waals surface area contributed by atoms with Gasteiger partial charge < -0.3 is 34.2 Å². The monoisotopic (exact) mass is 744 g/mol. The van der Waals surface area contributed by atoms with Crippen LogP contribution in [-0.4, -0.2) is 82.5 Å². The fraction of sp³-hybridized carbons (Fsp3) is 0.424. The molecule has 3 aliphatic rings. The SMILES string of the molecule is FC(F)(F)Oc1ccc(N2CCNCC2)cc1.O=C(C[C@@H]1OCCc2cc(Br)ccc21)N1CCN(c2ccc(OC(F)(F)F)cc2)CC1. The second kappa shape index (κ2) is 15.7. The van der Waals surface area contributed by atoms with Gasteiger partial charge in [0.1, 0.15) is 11.5 Å². The van der Waals surface area contributed by atoms with E-state index in [4.69, 9.17) is 4.74 Å². The fourth-order valence-electron chi connectivity index (χ4n) is 5.82. The molecule has 8 nitrogen and oxygen atoms in total. The lowest BCUT2D eigenvalue weighted by Gasteiger charge is -2.37. The van der Waals surface area contributed by atoms with Crippen molar-refractivity contribution in [3.8, 4) is 11.5 Å². The van der Waals surface area contributed by atoms with E-state index in [2.05, 4.69) is 41.7 Å². The average molecular weight is 746 g/mol. The summed E-state index contributed by atoms with van der Waals surface area (Å²) in [5.74, 6) is -0.379. The van der Waals surface area contributed by atoms with Crippen LogP contribution < -0.4 is 24.6 Å². The Morgan fingerprint density at radius 2 is 1.29 bits per heavy atom. The Hall–Kier alpha value is -3.69. The van der Waals surface area contributed by atoms with Crippen LogP contribution >= 0.6 is 15.9 Å². The number of hydrogen-bond donors (Lipinski definition) is 1. The van der Waals surface area contributed by atoms with Crippen molar-refractivity contribution in [2.45, 2.75) is 31.7 Å². The van der Waals surface area contributed by atoms with E-state index in [0.717, 1.165) is 54.0 Å². The first kappa shape index (κ1) is 35.6. The minimum Gasteiger partial charge on any atom is -0.406 e. The van der Waals surface area contributed by atoms with Gasteiger partial charge in [0.05, 0.1) is 19.1 Å². The van der Waals surface area contributed by atoms with Gasteiger partial charge in [0.25, 0.3) is 0 Å². The summed E-state index contributed by atoms with van der Waals surface area (Å²) in [7, 11) is 0. The lowest BCUT2D eigenvalue weighted by molar-refractivity contribution is -0.275. The molecule has 260 valence electrons. The normalized spacial score (nSPS) is 18.4. The van der Waals surface area contributed by atoms with Crippen LogP contribution in [0.25, 0.3) is 0 Å². The highest BCUT2D eigenvalue weighted by Gasteiger charge is 2.32. The number of carbonyl (C=O) groups excluding carboxylic acids is 1. The molecule has 1 amide bonds. The minimum atomic E-state index is -4.70. The van der Waals surface area contributed by atoms with Crippen LogP contribution in [0.3, 0.4) is 0 Å². The Labute approximate surface area is 282 Å². The number of anilines is 2. The number of amides is 1. The van der Waals surface area contributed by atoms with Gasteiger partial charge in [-0.3, -0.25) is 4.79 Å². The van der Waals surface area contributed by atoms with Crippen LogP contribution in [0.4, 0.5) is 37.7 Å². The third-order valence-electron chi connectivity index (χ3n) is 8.12. The van der Waals surface area contributed by atoms with Gasteiger partial charge in [0.15, 0.2) is 0 Å². The highest BCUT2D eigenvalue weighted by molar-refractivity contribution is 9.10. The molecule has 3 aromatic rings. The number of nitrogens with zero attached hydrogens (tertiary/aromatic N) is 3. The van der Waals surface area contributed by atoms with Gasteiger partial charge in [0, 0.05) is 68.2 Å². The predicted molar refractivity (Wildman–Crippen MR) is 171 cm³/mol. The predicted octanol–water partition coefficient (Wildman–Crippen LogP) is 6.70. The molecule has 1 atom stereocenters. The van der Waals surface area contributed by atoms with Crippen LogP contribution in [0.2, 0.25) is 0 Å². The number of alkyl halides is 6. The molecule has 0 unspecified atom stereocenters. The van der Waals surface area contributed by atoms with E-state index in [0.29, 0.717) is 39.2 Å². The zero-order valence-electron chi connectivity index (χ0n) is 25.8. The van der Waals surface area contributed by atoms with Crippen LogP contribution in [-0.2, 0) is 16.0 Å². The highest BCUT2D eigenvalue weighted by Crippen LogP contribution is 2.33. The Morgan fingerprint density at radius 1 is 0.771 bits per heavy atom. The molecule has 0 radical (unpaired) electrons. The number of hydrogen-bond acceptors (Lipinski definition) is 7. The third kappa shape index (κ3) is 10.4. The molecule has 3 aromatic carbocycles. The van der Waals surface area contributed by atoms with Crippen molar-refractivity contribution in [3.63, 3.8) is 0 Å². The number of ether oxygens (including phenoxy) is 3. The van der Waals surface area contributed by atoms with Gasteiger partial charge in [-0.15, -0.1) is 26.3 Å². The second-order valence-electron chi connectivity index (χ2n) is 11.3. The van der Waals surface area contributed by atoms with Gasteiger partial charge in [-0.2, -0.15) is 0 Å². The average Bonchev–Trinajstić information content (AvgIpc) is 3.05. The summed E-state index contributed by atoms with van der Waals surface area (Å²) in [4.78, 5) is 18.9. The van der Waals surface area contributed by atoms with Crippen molar-refractivity contribution in [1.82, 2.24) is 10.2 Å². The standard InChI is InChI=1S/C22H22BrF3N2O3.C11H13F3N2O/c23-16-1-6-19-15(13-16)7-12-30-20(19)14-21(29)28-10-8-27(9-11-28)17-2-4-18(5-3-17)31-22(24,25)26;12-11(13,14)17-10-3-1-9(2-4-10)16-7-5-15-6-8-16/h1-6,13,20H,7-12,14H2;1-4,15H,5-8H2/t20-;/m0./s1. The van der Waals surface area contributed by atoms with E-state index in [-0.39, 0.29) is 23.5 Å². The molecule has 0 aromatic heterocycles. The molecule has 48 heavy (non-hydrogen) atoms. The molecule has 3 aliphatic heterocycles. The largest absolute Gasteiger partial charge is 0.573 e. The summed E-state index contributed by atoms with van der Waals surface area (Å²) in [6.07, 6.45) is -8.42. The number of fused-ring (bicyclic) bond motifs is 1. The van der Waals surface area contributed by atoms with Gasteiger partial charge in [-0.25, -0.2) is 0 Å². The summed E-state index contributed by atoms with van der Waals surface area (Å²) in [6.45, 7) is 6.43. The zero-order valence-corrected chi connectivity index (χ0v) is 27.4. The first-order valence-electron chi connectivity index (χ1n) is 15.4. The molecule has 0 saturated carbocycles. The van der Waals surface area contributed by atoms with Crippen LogP contribution in [0.5, 0.6) is 11.5 Å². The van der Waals surface area contributed by atoms with E-state index in [1.54, 1.807) is 24.3 Å². The molecular formula is C33H35BrF6N4O4. The molecule has 0 aliphatic carbocycles. The lowest BCUT2D eigenvalue weighted by Crippen LogP contribution is -2.49. The van der Waals surface area contributed by atoms with E-state index >= 15 is 0 Å². The molecule has 2 saturated heterocycles. The van der Waals surface area contributed by atoms with Crippen molar-refractivity contribution >= 4 is 33.2 Å². The fourth-order valence-corrected chi connectivity index (χ4v) is 6.23. The Balaban J connectivity index is 0.000000224. The van der Waals surface area contributed by atoms with Crippen molar-refractivity contribution < 1.29 is 45.3 Å². The molecule has 2 fully saturated rings. The molecule has 6 rings (SSSR count). The number of benzene rings is 3. The van der Waals surface area contributed by atoms with E-state index < -0.39 is 12.7 Å². The first-order chi connectivity index (χ1) is 22.8. The molecule has 3 heterocycles. The smallest absolute Gasteiger partial charge is 0.406 e. The summed E-state index contributed by atoms with van der Waals surface area (Å²) >= 11 is 3.49. The molecule has 0 spiro atoms. The van der Waals surface area contributed by atoms with Gasteiger partial charge >= 0.3 is 12.7 Å². The van der Waals surface area contributed by atoms with Crippen LogP contribution in [0.1, 0.15) is 23.7 Å². The second-order valence-corrected chi connectivity index (χ2v) is 12.3. The summed E-state index contributed by atoms with van der Waals surface area (Å²) < 4.78 is 87.4. The molecule has 0 bridgehead atoms. The quantitative estimate of drug-likeness (QED) is 0.282. The van der Waals surface area contributed by atoms with E-state index in [1.807, 2.05) is 21.9 Å². The number of piperazine rings is 2. The maximum absolute atomic E-state index is 12.9. The zero-order chi connectivity index (χ0) is 34.3. The third-order valence-corrected chi connectivity index (χ3v) is 8.62. The van der Waals surface area contributed by atoms with Crippen molar-refractivity contribution in [1.29, 1.82) is 0 Å². The molecule has 1 N–H and O–H groups in total. The maximum Gasteiger partial charge on any atom is 0.573 e. The van der Waals surface area contributed by atoms with Crippen molar-refractivity contribution in [2.75, 3.05) is 68.8 Å². The topological polar surface area (TPSA) is 66.5 Å². The molecule has 15 heteroatoms. The number of halogens is 7.